The molecule has 6 fully saturated rings. The number of hydrogen-bond donors (Lipinski definition) is 4. The molecule has 0 saturated carbocycles. The van der Waals surface area contributed by atoms with Crippen LogP contribution in [0.5, 0.6) is 0 Å². The van der Waals surface area contributed by atoms with E-state index < -0.39 is 65.0 Å². The summed E-state index contributed by atoms with van der Waals surface area (Å²) < 4.78 is 10.6. The van der Waals surface area contributed by atoms with Crippen LogP contribution in [-0.2, 0) is 33.4 Å². The number of rotatable bonds is 8. The molecule has 6 aliphatic heterocycles. The van der Waals surface area contributed by atoms with Gasteiger partial charge < -0.3 is 55.2 Å². The van der Waals surface area contributed by atoms with Gasteiger partial charge in [0.2, 0.25) is 29.7 Å². The first-order valence-corrected chi connectivity index (χ1v) is 23.4. The van der Waals surface area contributed by atoms with Crippen LogP contribution in [0.2, 0.25) is 0 Å². The summed E-state index contributed by atoms with van der Waals surface area (Å²) in [7, 11) is 0. The second kappa shape index (κ2) is 22.0. The fourth-order valence-electron chi connectivity index (χ4n) is 8.79. The van der Waals surface area contributed by atoms with Gasteiger partial charge in [0.05, 0.1) is 42.9 Å². The first-order valence-electron chi connectivity index (χ1n) is 23.4. The Balaban J connectivity index is 0.000000265. The molecule has 4 bridgehead atoms. The lowest BCUT2D eigenvalue weighted by Gasteiger charge is -2.37. The molecule has 8 atom stereocenters. The number of carbonyl (C=O) groups excluding carboxylic acids is 8. The number of alkyl carbamates (subject to hydrolysis) is 2. The standard InChI is InChI=1S/C23H36N6O5.C18H27N5O4.C5H9NO/c1-22(2,3)26-20(32)29-12-15-10-17(29)19(31)28(15)13-16(25-21(33)34-23(4,5)6)18(30)27-9-7-8-14(27)11-24;1-18(2,3)27-17(26)21-14(16(25)22-6-4-5-11(22)8-19)10-23-12-7-13(15(23)24)20-9-12;1-5(2,3)6-4-7/h14-17H,7-10,12-13H2,1-6H3,(H,25,33)(H,26,32);11-14,20H,4-7,9-10H2,1-3H3,(H,21,26);1-3H3/t14-,15-,16-,17-;11-,12-,13-,14-;/m00./s1. The van der Waals surface area contributed by atoms with Crippen LogP contribution in [0.25, 0.3) is 0 Å². The summed E-state index contributed by atoms with van der Waals surface area (Å²) in [6.45, 7) is 23.5. The summed E-state index contributed by atoms with van der Waals surface area (Å²) in [5.74, 6) is -1.04. The van der Waals surface area contributed by atoms with Crippen molar-refractivity contribution in [3.8, 4) is 12.1 Å². The number of nitrogens with one attached hydrogen (secondary N) is 4. The van der Waals surface area contributed by atoms with Crippen molar-refractivity contribution in [1.82, 2.24) is 45.8 Å². The Labute approximate surface area is 399 Å². The molecule has 6 rings (SSSR count). The average Bonchev–Trinajstić information content (AvgIpc) is 4.07. The van der Waals surface area contributed by atoms with Crippen molar-refractivity contribution >= 4 is 47.9 Å². The molecule has 0 radical (unpaired) electrons. The summed E-state index contributed by atoms with van der Waals surface area (Å²) in [6.07, 6.45) is 3.87. The van der Waals surface area contributed by atoms with Gasteiger partial charge >= 0.3 is 18.2 Å². The number of isocyanates is 1. The lowest BCUT2D eigenvalue weighted by Crippen LogP contribution is -2.61. The fourth-order valence-corrected chi connectivity index (χ4v) is 8.79. The quantitative estimate of drug-likeness (QED) is 0.201. The van der Waals surface area contributed by atoms with Crippen LogP contribution in [0.3, 0.4) is 0 Å². The summed E-state index contributed by atoms with van der Waals surface area (Å²) in [5.41, 5.74) is -2.14. The molecule has 376 valence electrons. The maximum Gasteiger partial charge on any atom is 0.408 e. The van der Waals surface area contributed by atoms with E-state index in [0.717, 1.165) is 12.8 Å². The molecule has 0 aromatic heterocycles. The molecule has 4 N–H and O–H groups in total. The topological polar surface area (TPSA) is 279 Å². The molecule has 6 aliphatic rings. The Morgan fingerprint density at radius 3 is 1.54 bits per heavy atom. The van der Waals surface area contributed by atoms with Gasteiger partial charge in [-0.15, -0.1) is 0 Å². The van der Waals surface area contributed by atoms with Gasteiger partial charge in [-0.2, -0.15) is 10.5 Å². The van der Waals surface area contributed by atoms with Gasteiger partial charge in [0, 0.05) is 37.8 Å². The second-order valence-corrected chi connectivity index (χ2v) is 22.0. The molecule has 68 heavy (non-hydrogen) atoms. The first-order chi connectivity index (χ1) is 31.4. The van der Waals surface area contributed by atoms with E-state index in [9.17, 15) is 48.9 Å². The number of amides is 8. The second-order valence-electron chi connectivity index (χ2n) is 22.0. The van der Waals surface area contributed by atoms with E-state index in [1.165, 1.54) is 15.9 Å². The van der Waals surface area contributed by atoms with Crippen LogP contribution < -0.4 is 21.3 Å². The third-order valence-corrected chi connectivity index (χ3v) is 11.6. The fraction of sp³-hybridized carbons (Fsp3) is 0.783. The van der Waals surface area contributed by atoms with Crippen molar-refractivity contribution in [3.05, 3.63) is 0 Å². The lowest BCUT2D eigenvalue weighted by molar-refractivity contribution is -0.139. The van der Waals surface area contributed by atoms with Crippen LogP contribution >= 0.6 is 0 Å². The van der Waals surface area contributed by atoms with E-state index in [-0.39, 0.29) is 60.5 Å². The Hall–Kier alpha value is -5.99. The maximum atomic E-state index is 13.3. The monoisotopic (exact) mass is 953 g/mol. The molecule has 8 amide bonds. The lowest BCUT2D eigenvalue weighted by atomic mass is 10.1. The molecule has 22 nitrogen and oxygen atoms in total. The van der Waals surface area contributed by atoms with E-state index in [1.807, 2.05) is 41.5 Å². The van der Waals surface area contributed by atoms with Crippen molar-refractivity contribution in [1.29, 1.82) is 10.5 Å². The Bertz CT molecular complexity index is 2040. The summed E-state index contributed by atoms with van der Waals surface area (Å²) in [6, 6.07) is -0.0594. The predicted octanol–water partition coefficient (Wildman–Crippen LogP) is 2.28. The van der Waals surface area contributed by atoms with Gasteiger partial charge in [-0.05, 0) is 122 Å². The van der Waals surface area contributed by atoms with Crippen LogP contribution in [0.1, 0.15) is 122 Å². The normalized spacial score (nSPS) is 24.9. The molecular formula is C46H72N12O10. The van der Waals surface area contributed by atoms with Crippen LogP contribution in [0, 0.1) is 22.7 Å². The Morgan fingerprint density at radius 2 is 1.19 bits per heavy atom. The highest BCUT2D eigenvalue weighted by atomic mass is 16.6. The van der Waals surface area contributed by atoms with Gasteiger partial charge in [-0.25, -0.2) is 24.2 Å². The largest absolute Gasteiger partial charge is 0.444 e. The minimum atomic E-state index is -1.05. The molecule has 0 aromatic rings. The third kappa shape index (κ3) is 15.0. The molecule has 0 spiro atoms. The number of piperazine rings is 2. The number of aliphatic imine (C=N–C) groups is 1. The molecule has 6 saturated heterocycles. The minimum Gasteiger partial charge on any atom is -0.444 e. The minimum absolute atomic E-state index is 0.0311. The number of likely N-dealkylation sites (tertiary alicyclic amines) is 5. The Kier molecular flexibility index (Phi) is 17.6. The van der Waals surface area contributed by atoms with Crippen molar-refractivity contribution in [2.24, 2.45) is 4.99 Å². The smallest absolute Gasteiger partial charge is 0.408 e. The number of fused-ring (bicyclic) bond motifs is 4. The third-order valence-electron chi connectivity index (χ3n) is 11.6. The first kappa shape index (κ1) is 54.6. The maximum absolute atomic E-state index is 13.3. The zero-order valence-electron chi connectivity index (χ0n) is 41.8. The van der Waals surface area contributed by atoms with Gasteiger partial charge in [-0.3, -0.25) is 19.2 Å². The number of nitriles is 2. The van der Waals surface area contributed by atoms with E-state index in [2.05, 4.69) is 38.4 Å². The highest BCUT2D eigenvalue weighted by Crippen LogP contribution is 2.33. The van der Waals surface area contributed by atoms with E-state index in [4.69, 9.17) is 9.47 Å². The van der Waals surface area contributed by atoms with Crippen molar-refractivity contribution in [2.45, 2.75) is 192 Å². The Morgan fingerprint density at radius 1 is 0.721 bits per heavy atom. The van der Waals surface area contributed by atoms with Crippen molar-refractivity contribution in [2.75, 3.05) is 39.3 Å². The average molecular weight is 953 g/mol. The molecule has 0 aromatic carbocycles. The van der Waals surface area contributed by atoms with Gasteiger partial charge in [-0.1, -0.05) is 0 Å². The zero-order chi connectivity index (χ0) is 51.1. The van der Waals surface area contributed by atoms with Gasteiger partial charge in [0.15, 0.2) is 0 Å². The summed E-state index contributed by atoms with van der Waals surface area (Å²) in [5, 5.41) is 30.0. The number of carbonyl (C=O) groups is 7. The number of ether oxygens (including phenoxy) is 2. The highest BCUT2D eigenvalue weighted by molar-refractivity contribution is 5.93. The summed E-state index contributed by atoms with van der Waals surface area (Å²) >= 11 is 0. The van der Waals surface area contributed by atoms with Crippen LogP contribution in [-0.4, -0.2) is 182 Å². The van der Waals surface area contributed by atoms with Gasteiger partial charge in [0.1, 0.15) is 41.4 Å². The molecular weight excluding hydrogens is 881 g/mol. The van der Waals surface area contributed by atoms with Crippen LogP contribution in [0.15, 0.2) is 4.99 Å². The van der Waals surface area contributed by atoms with Crippen molar-refractivity contribution < 1.29 is 47.8 Å². The number of nitrogens with zero attached hydrogens (tertiary/aromatic N) is 8. The van der Waals surface area contributed by atoms with Crippen molar-refractivity contribution in [3.63, 3.8) is 0 Å². The molecule has 0 aliphatic carbocycles. The SMILES string of the molecule is CC(C)(C)N=C=O.CC(C)(C)NC(=O)N1C[C@@H]2C[C@H]1C(=O)N2C[C@H](NC(=O)OC(C)(C)C)C(=O)N1CCC[C@H]1C#N.CC(C)(C)OC(=O)N[C@@H](CN1C(=O)[C@@H]2C[C@H]1CN2)C(=O)N1CCC[C@H]1C#N. The molecule has 6 heterocycles. The van der Waals surface area contributed by atoms with E-state index in [0.29, 0.717) is 51.9 Å². The predicted molar refractivity (Wildman–Crippen MR) is 246 cm³/mol. The van der Waals surface area contributed by atoms with E-state index >= 15 is 0 Å². The zero-order valence-corrected chi connectivity index (χ0v) is 41.8. The van der Waals surface area contributed by atoms with Crippen LogP contribution in [0.4, 0.5) is 14.4 Å². The molecule has 0 unspecified atom stereocenters. The number of urea groups is 1. The number of hydrogen-bond acceptors (Lipinski definition) is 14. The molecule has 22 heteroatoms. The highest BCUT2D eigenvalue weighted by Gasteiger charge is 2.53. The van der Waals surface area contributed by atoms with Gasteiger partial charge in [0.25, 0.3) is 0 Å². The summed E-state index contributed by atoms with van der Waals surface area (Å²) in [4.78, 5) is 110. The van der Waals surface area contributed by atoms with E-state index in [1.54, 1.807) is 56.2 Å².